The Labute approximate surface area is 125 Å². The Morgan fingerprint density at radius 3 is 2.80 bits per heavy atom. The smallest absolute Gasteiger partial charge is 0.252 e. The zero-order chi connectivity index (χ0) is 14.7. The van der Waals surface area contributed by atoms with Gasteiger partial charge in [0.05, 0.1) is 11.7 Å². The van der Waals surface area contributed by atoms with E-state index in [1.165, 1.54) is 6.20 Å². The summed E-state index contributed by atoms with van der Waals surface area (Å²) in [6.45, 7) is 3.71. The lowest BCUT2D eigenvalue weighted by Gasteiger charge is -2.11. The largest absolute Gasteiger partial charge is 0.466 e. The minimum Gasteiger partial charge on any atom is -0.466 e. The maximum atomic E-state index is 11.9. The highest BCUT2D eigenvalue weighted by Gasteiger charge is 2.16. The van der Waals surface area contributed by atoms with Crippen molar-refractivity contribution in [2.75, 3.05) is 6.54 Å². The number of furan rings is 1. The summed E-state index contributed by atoms with van der Waals surface area (Å²) in [5, 5.41) is 12.7. The number of hydrogen-bond donors (Lipinski definition) is 2. The van der Waals surface area contributed by atoms with Gasteiger partial charge in [-0.25, -0.2) is 0 Å². The highest BCUT2D eigenvalue weighted by Crippen LogP contribution is 2.21. The summed E-state index contributed by atoms with van der Waals surface area (Å²) in [6, 6.07) is 3.44. The third-order valence-electron chi connectivity index (χ3n) is 2.86. The highest BCUT2D eigenvalue weighted by molar-refractivity contribution is 9.10. The first-order chi connectivity index (χ1) is 9.47. The van der Waals surface area contributed by atoms with Crippen molar-refractivity contribution >= 4 is 21.8 Å². The molecule has 0 radical (unpaired) electrons. The molecule has 0 saturated carbocycles. The van der Waals surface area contributed by atoms with Crippen molar-refractivity contribution in [1.29, 1.82) is 0 Å². The molecule has 0 fully saturated rings. The molecule has 2 N–H and O–H groups in total. The first-order valence-corrected chi connectivity index (χ1v) is 6.90. The van der Waals surface area contributed by atoms with Gasteiger partial charge >= 0.3 is 0 Å². The van der Waals surface area contributed by atoms with E-state index in [-0.39, 0.29) is 12.5 Å². The molecule has 20 heavy (non-hydrogen) atoms. The molecular weight excluding hydrogens is 324 g/mol. The van der Waals surface area contributed by atoms with Crippen LogP contribution in [0.15, 0.2) is 33.4 Å². The van der Waals surface area contributed by atoms with Crippen molar-refractivity contribution in [1.82, 2.24) is 10.3 Å². The Hall–Kier alpha value is -1.66. The maximum Gasteiger partial charge on any atom is 0.252 e. The summed E-state index contributed by atoms with van der Waals surface area (Å²) in [5.41, 5.74) is 1.13. The van der Waals surface area contributed by atoms with Crippen LogP contribution < -0.4 is 5.32 Å². The number of hydrogen-bond acceptors (Lipinski definition) is 4. The number of amides is 1. The van der Waals surface area contributed by atoms with E-state index >= 15 is 0 Å². The zero-order valence-corrected chi connectivity index (χ0v) is 12.8. The number of carbonyl (C=O) groups excluding carboxylic acids is 1. The molecule has 0 unspecified atom stereocenters. The van der Waals surface area contributed by atoms with Gasteiger partial charge < -0.3 is 14.8 Å². The molecule has 1 amide bonds. The molecule has 0 aliphatic heterocycles. The molecule has 2 aromatic heterocycles. The molecule has 106 valence electrons. The van der Waals surface area contributed by atoms with E-state index in [2.05, 4.69) is 26.2 Å². The van der Waals surface area contributed by atoms with Crippen LogP contribution in [0.3, 0.4) is 0 Å². The van der Waals surface area contributed by atoms with E-state index in [9.17, 15) is 9.90 Å². The summed E-state index contributed by atoms with van der Waals surface area (Å²) in [5.74, 6) is 1.11. The van der Waals surface area contributed by atoms with E-state index in [1.54, 1.807) is 25.3 Å². The molecule has 1 atom stereocenters. The number of aromatic nitrogens is 1. The molecule has 0 aliphatic carbocycles. The van der Waals surface area contributed by atoms with Gasteiger partial charge in [-0.05, 0) is 41.9 Å². The molecule has 2 aromatic rings. The van der Waals surface area contributed by atoms with Gasteiger partial charge in [0, 0.05) is 29.0 Å². The number of aliphatic hydroxyl groups excluding tert-OH is 1. The van der Waals surface area contributed by atoms with Crippen LogP contribution >= 0.6 is 15.9 Å². The Bertz CT molecular complexity index is 625. The van der Waals surface area contributed by atoms with E-state index in [0.29, 0.717) is 16.9 Å². The quantitative estimate of drug-likeness (QED) is 0.898. The molecule has 5 nitrogen and oxygen atoms in total. The third-order valence-corrected chi connectivity index (χ3v) is 3.30. The molecule has 2 rings (SSSR count). The van der Waals surface area contributed by atoms with Crippen LogP contribution in [0.25, 0.3) is 0 Å². The van der Waals surface area contributed by atoms with Crippen molar-refractivity contribution in [3.8, 4) is 0 Å². The standard InChI is InChI=1S/C14H15BrN2O3/c1-8-3-12(9(2)20-8)13(18)7-17-14(19)10-4-11(15)6-16-5-10/h3-6,13,18H,7H2,1-2H3,(H,17,19)/t13-/m0/s1. The number of rotatable bonds is 4. The number of aliphatic hydroxyl groups is 1. The monoisotopic (exact) mass is 338 g/mol. The second-order valence-corrected chi connectivity index (χ2v) is 5.40. The molecule has 0 saturated heterocycles. The Morgan fingerprint density at radius 2 is 2.20 bits per heavy atom. The van der Waals surface area contributed by atoms with Gasteiger partial charge in [0.15, 0.2) is 0 Å². The fourth-order valence-electron chi connectivity index (χ4n) is 1.92. The minimum absolute atomic E-state index is 0.116. The van der Waals surface area contributed by atoms with Gasteiger partial charge in [0.25, 0.3) is 5.91 Å². The van der Waals surface area contributed by atoms with Crippen molar-refractivity contribution in [2.24, 2.45) is 0 Å². The SMILES string of the molecule is Cc1cc([C@@H](O)CNC(=O)c2cncc(Br)c2)c(C)o1. The van der Waals surface area contributed by atoms with Crippen molar-refractivity contribution in [3.05, 3.63) is 51.6 Å². The summed E-state index contributed by atoms with van der Waals surface area (Å²) >= 11 is 3.26. The van der Waals surface area contributed by atoms with Gasteiger partial charge in [0.1, 0.15) is 11.5 Å². The average Bonchev–Trinajstić information content (AvgIpc) is 2.74. The Balaban J connectivity index is 1.98. The number of nitrogens with one attached hydrogen (secondary N) is 1. The van der Waals surface area contributed by atoms with E-state index in [4.69, 9.17) is 4.42 Å². The van der Waals surface area contributed by atoms with Crippen molar-refractivity contribution in [2.45, 2.75) is 20.0 Å². The number of aryl methyl sites for hydroxylation is 2. The lowest BCUT2D eigenvalue weighted by atomic mass is 10.1. The maximum absolute atomic E-state index is 11.9. The summed E-state index contributed by atoms with van der Waals surface area (Å²) in [7, 11) is 0. The fourth-order valence-corrected chi connectivity index (χ4v) is 2.28. The molecular formula is C14H15BrN2O3. The number of carbonyl (C=O) groups is 1. The minimum atomic E-state index is -0.795. The second kappa shape index (κ2) is 6.19. The molecule has 2 heterocycles. The van der Waals surface area contributed by atoms with Gasteiger partial charge in [-0.2, -0.15) is 0 Å². The number of nitrogens with zero attached hydrogens (tertiary/aromatic N) is 1. The highest BCUT2D eigenvalue weighted by atomic mass is 79.9. The zero-order valence-electron chi connectivity index (χ0n) is 11.2. The van der Waals surface area contributed by atoms with Crippen LogP contribution in [0.4, 0.5) is 0 Å². The molecule has 0 spiro atoms. The predicted molar refractivity (Wildman–Crippen MR) is 77.4 cm³/mol. The van der Waals surface area contributed by atoms with Crippen LogP contribution in [0, 0.1) is 13.8 Å². The molecule has 0 aromatic carbocycles. The molecule has 0 bridgehead atoms. The molecule has 0 aliphatic rings. The Kier molecular flexibility index (Phi) is 4.57. The predicted octanol–water partition coefficient (Wildman–Crippen LogP) is 2.52. The van der Waals surface area contributed by atoms with Gasteiger partial charge in [-0.1, -0.05) is 0 Å². The van der Waals surface area contributed by atoms with Gasteiger partial charge in [-0.3, -0.25) is 9.78 Å². The third kappa shape index (κ3) is 3.46. The summed E-state index contributed by atoms with van der Waals surface area (Å²) in [4.78, 5) is 15.8. The average molecular weight is 339 g/mol. The number of halogens is 1. The summed E-state index contributed by atoms with van der Waals surface area (Å²) in [6.07, 6.45) is 2.28. The molecule has 6 heteroatoms. The van der Waals surface area contributed by atoms with Crippen molar-refractivity contribution < 1.29 is 14.3 Å². The van der Waals surface area contributed by atoms with E-state index in [1.807, 2.05) is 6.92 Å². The van der Waals surface area contributed by atoms with Crippen LogP contribution in [-0.2, 0) is 0 Å². The topological polar surface area (TPSA) is 75.4 Å². The van der Waals surface area contributed by atoms with Crippen molar-refractivity contribution in [3.63, 3.8) is 0 Å². The Morgan fingerprint density at radius 1 is 1.45 bits per heavy atom. The fraction of sp³-hybridized carbons (Fsp3) is 0.286. The lowest BCUT2D eigenvalue weighted by Crippen LogP contribution is -2.28. The van der Waals surface area contributed by atoms with Crippen LogP contribution in [0.5, 0.6) is 0 Å². The van der Waals surface area contributed by atoms with Gasteiger partial charge in [0.2, 0.25) is 0 Å². The van der Waals surface area contributed by atoms with Gasteiger partial charge in [-0.15, -0.1) is 0 Å². The van der Waals surface area contributed by atoms with Crippen LogP contribution in [0.2, 0.25) is 0 Å². The first-order valence-electron chi connectivity index (χ1n) is 6.11. The normalized spacial score (nSPS) is 12.2. The van der Waals surface area contributed by atoms with Crippen LogP contribution in [0.1, 0.15) is 33.5 Å². The first kappa shape index (κ1) is 14.7. The van der Waals surface area contributed by atoms with Crippen LogP contribution in [-0.4, -0.2) is 22.5 Å². The van der Waals surface area contributed by atoms with E-state index in [0.717, 1.165) is 10.2 Å². The second-order valence-electron chi connectivity index (χ2n) is 4.49. The van der Waals surface area contributed by atoms with E-state index < -0.39 is 6.10 Å². The number of pyridine rings is 1. The summed E-state index contributed by atoms with van der Waals surface area (Å²) < 4.78 is 6.08. The lowest BCUT2D eigenvalue weighted by molar-refractivity contribution is 0.0915.